The van der Waals surface area contributed by atoms with E-state index in [0.717, 1.165) is 31.9 Å². The van der Waals surface area contributed by atoms with Gasteiger partial charge in [-0.05, 0) is 48.5 Å². The Morgan fingerprint density at radius 2 is 1.88 bits per heavy atom. The number of carbonyl (C=O) groups is 1. The van der Waals surface area contributed by atoms with Crippen LogP contribution in [0.15, 0.2) is 60.9 Å². The van der Waals surface area contributed by atoms with Gasteiger partial charge in [-0.3, -0.25) is 4.79 Å². The zero-order chi connectivity index (χ0) is 22.1. The second-order valence-electron chi connectivity index (χ2n) is 7.59. The van der Waals surface area contributed by atoms with Gasteiger partial charge in [0, 0.05) is 55.3 Å². The van der Waals surface area contributed by atoms with Crippen LogP contribution in [0, 0.1) is 5.82 Å². The summed E-state index contributed by atoms with van der Waals surface area (Å²) in [5.74, 6) is -0.124. The third-order valence-electron chi connectivity index (χ3n) is 5.53. The van der Waals surface area contributed by atoms with E-state index in [0.29, 0.717) is 28.2 Å². The van der Waals surface area contributed by atoms with Crippen LogP contribution in [0.3, 0.4) is 0 Å². The Labute approximate surface area is 183 Å². The first-order valence-electron chi connectivity index (χ1n) is 10.3. The van der Waals surface area contributed by atoms with Crippen LogP contribution in [-0.4, -0.2) is 46.6 Å². The van der Waals surface area contributed by atoms with Gasteiger partial charge in [-0.15, -0.1) is 0 Å². The second kappa shape index (κ2) is 8.27. The predicted molar refractivity (Wildman–Crippen MR) is 122 cm³/mol. The first-order valence-corrected chi connectivity index (χ1v) is 10.3. The molecule has 1 aliphatic rings. The van der Waals surface area contributed by atoms with Gasteiger partial charge in [0.05, 0.1) is 11.1 Å². The van der Waals surface area contributed by atoms with Crippen molar-refractivity contribution in [3.8, 4) is 5.82 Å². The molecule has 0 radical (unpaired) electrons. The molecule has 4 N–H and O–H groups in total. The number of rotatable bonds is 5. The molecule has 8 nitrogen and oxygen atoms in total. The summed E-state index contributed by atoms with van der Waals surface area (Å²) in [5, 5.41) is 7.12. The van der Waals surface area contributed by atoms with Gasteiger partial charge < -0.3 is 25.8 Å². The molecule has 1 aliphatic heterocycles. The standard InChI is InChI=1S/C23H22FN7O/c24-15-1-6-18-19(22(25)32)14-31(20(18)13-15)21-7-8-27-23(29-21)28-16-2-4-17(5-3-16)30-11-9-26-10-12-30/h1-8,13-14,26H,9-12H2,(H2,25,32)(H,27,28,29). The van der Waals surface area contributed by atoms with Crippen LogP contribution in [0.4, 0.5) is 21.7 Å². The number of halogens is 1. The highest BCUT2D eigenvalue weighted by molar-refractivity contribution is 6.06. The highest BCUT2D eigenvalue weighted by atomic mass is 19.1. The van der Waals surface area contributed by atoms with Gasteiger partial charge in [-0.25, -0.2) is 9.37 Å². The van der Waals surface area contributed by atoms with Crippen molar-refractivity contribution in [2.24, 2.45) is 5.73 Å². The van der Waals surface area contributed by atoms with Crippen LogP contribution in [0.2, 0.25) is 0 Å². The molecular formula is C23H22FN7O. The molecule has 0 unspecified atom stereocenters. The fraction of sp³-hybridized carbons (Fsp3) is 0.174. The minimum Gasteiger partial charge on any atom is -0.369 e. The number of nitrogens with one attached hydrogen (secondary N) is 2. The van der Waals surface area contributed by atoms with Gasteiger partial charge in [0.1, 0.15) is 11.6 Å². The second-order valence-corrected chi connectivity index (χ2v) is 7.59. The maximum atomic E-state index is 13.9. The molecule has 0 bridgehead atoms. The largest absolute Gasteiger partial charge is 0.369 e. The number of aromatic nitrogens is 3. The summed E-state index contributed by atoms with van der Waals surface area (Å²) in [5.41, 5.74) is 8.34. The summed E-state index contributed by atoms with van der Waals surface area (Å²) in [6.07, 6.45) is 3.18. The van der Waals surface area contributed by atoms with E-state index in [1.54, 1.807) is 29.1 Å². The summed E-state index contributed by atoms with van der Waals surface area (Å²) in [7, 11) is 0. The highest BCUT2D eigenvalue weighted by Crippen LogP contribution is 2.26. The molecule has 3 heterocycles. The normalized spacial score (nSPS) is 14.0. The maximum Gasteiger partial charge on any atom is 0.250 e. The van der Waals surface area contributed by atoms with Gasteiger partial charge in [0.25, 0.3) is 5.91 Å². The van der Waals surface area contributed by atoms with Crippen molar-refractivity contribution in [3.05, 3.63) is 72.3 Å². The van der Waals surface area contributed by atoms with E-state index >= 15 is 0 Å². The van der Waals surface area contributed by atoms with Gasteiger partial charge >= 0.3 is 0 Å². The fourth-order valence-corrected chi connectivity index (χ4v) is 3.94. The lowest BCUT2D eigenvalue weighted by Gasteiger charge is -2.29. The molecular weight excluding hydrogens is 409 g/mol. The van der Waals surface area contributed by atoms with E-state index in [2.05, 4.69) is 37.6 Å². The van der Waals surface area contributed by atoms with E-state index in [9.17, 15) is 9.18 Å². The molecule has 1 saturated heterocycles. The topological polar surface area (TPSA) is 101 Å². The monoisotopic (exact) mass is 431 g/mol. The summed E-state index contributed by atoms with van der Waals surface area (Å²) in [6, 6.07) is 14.0. The van der Waals surface area contributed by atoms with Crippen LogP contribution in [-0.2, 0) is 0 Å². The fourth-order valence-electron chi connectivity index (χ4n) is 3.94. The SMILES string of the molecule is NC(=O)c1cn(-c2ccnc(Nc3ccc(N4CCNCC4)cc3)n2)c2cc(F)ccc12. The number of carbonyl (C=O) groups excluding carboxylic acids is 1. The van der Waals surface area contributed by atoms with Crippen LogP contribution < -0.4 is 21.3 Å². The Morgan fingerprint density at radius 1 is 1.09 bits per heavy atom. The Morgan fingerprint density at radius 3 is 2.62 bits per heavy atom. The van der Waals surface area contributed by atoms with Crippen LogP contribution in [0.5, 0.6) is 0 Å². The molecule has 0 spiro atoms. The molecule has 0 saturated carbocycles. The number of anilines is 3. The number of hydrogen-bond donors (Lipinski definition) is 3. The first kappa shape index (κ1) is 20.0. The number of primary amides is 1. The molecule has 162 valence electrons. The van der Waals surface area contributed by atoms with Crippen molar-refractivity contribution >= 4 is 34.1 Å². The van der Waals surface area contributed by atoms with E-state index < -0.39 is 11.7 Å². The molecule has 32 heavy (non-hydrogen) atoms. The van der Waals surface area contributed by atoms with Crippen molar-refractivity contribution in [2.45, 2.75) is 0 Å². The Balaban J connectivity index is 1.43. The summed E-state index contributed by atoms with van der Waals surface area (Å²) >= 11 is 0. The van der Waals surface area contributed by atoms with E-state index in [-0.39, 0.29) is 0 Å². The van der Waals surface area contributed by atoms with Gasteiger partial charge in [0.2, 0.25) is 5.95 Å². The summed E-state index contributed by atoms with van der Waals surface area (Å²) in [6.45, 7) is 3.93. The molecule has 2 aromatic heterocycles. The lowest BCUT2D eigenvalue weighted by atomic mass is 10.1. The van der Waals surface area contributed by atoms with Crippen molar-refractivity contribution in [1.29, 1.82) is 0 Å². The molecule has 0 atom stereocenters. The molecule has 2 aromatic carbocycles. The number of nitrogens with two attached hydrogens (primary N) is 1. The zero-order valence-corrected chi connectivity index (χ0v) is 17.3. The van der Waals surface area contributed by atoms with Crippen molar-refractivity contribution in [1.82, 2.24) is 19.9 Å². The Hall–Kier alpha value is -3.98. The van der Waals surface area contributed by atoms with Crippen molar-refractivity contribution in [2.75, 3.05) is 36.4 Å². The summed E-state index contributed by atoms with van der Waals surface area (Å²) < 4.78 is 15.5. The minimum atomic E-state index is -0.586. The van der Waals surface area contributed by atoms with Crippen LogP contribution >= 0.6 is 0 Å². The number of fused-ring (bicyclic) bond motifs is 1. The molecule has 1 amide bonds. The highest BCUT2D eigenvalue weighted by Gasteiger charge is 2.16. The average molecular weight is 431 g/mol. The number of nitrogens with zero attached hydrogens (tertiary/aromatic N) is 4. The third kappa shape index (κ3) is 3.85. The quantitative estimate of drug-likeness (QED) is 0.449. The lowest BCUT2D eigenvalue weighted by Crippen LogP contribution is -2.43. The van der Waals surface area contributed by atoms with Gasteiger partial charge in [0.15, 0.2) is 0 Å². The zero-order valence-electron chi connectivity index (χ0n) is 17.3. The smallest absolute Gasteiger partial charge is 0.250 e. The molecule has 0 aliphatic carbocycles. The van der Waals surface area contributed by atoms with Gasteiger partial charge in [-0.1, -0.05) is 0 Å². The molecule has 1 fully saturated rings. The summed E-state index contributed by atoms with van der Waals surface area (Å²) in [4.78, 5) is 23.0. The van der Waals surface area contributed by atoms with Crippen LogP contribution in [0.25, 0.3) is 16.7 Å². The Bertz CT molecular complexity index is 1280. The minimum absolute atomic E-state index is 0.302. The average Bonchev–Trinajstić information content (AvgIpc) is 3.19. The van der Waals surface area contributed by atoms with E-state index in [1.807, 2.05) is 12.1 Å². The predicted octanol–water partition coefficient (Wildman–Crippen LogP) is 2.81. The molecule has 4 aromatic rings. The van der Waals surface area contributed by atoms with Crippen molar-refractivity contribution < 1.29 is 9.18 Å². The van der Waals surface area contributed by atoms with E-state index in [1.165, 1.54) is 17.8 Å². The number of benzene rings is 2. The number of amides is 1. The lowest BCUT2D eigenvalue weighted by molar-refractivity contribution is 0.100. The number of piperazine rings is 1. The van der Waals surface area contributed by atoms with Crippen LogP contribution in [0.1, 0.15) is 10.4 Å². The van der Waals surface area contributed by atoms with Gasteiger partial charge in [-0.2, -0.15) is 4.98 Å². The van der Waals surface area contributed by atoms with Crippen molar-refractivity contribution in [3.63, 3.8) is 0 Å². The van der Waals surface area contributed by atoms with E-state index in [4.69, 9.17) is 5.73 Å². The first-order chi connectivity index (χ1) is 15.6. The molecule has 5 rings (SSSR count). The maximum absolute atomic E-state index is 13.9. The molecule has 9 heteroatoms. The Kier molecular flexibility index (Phi) is 5.16. The third-order valence-corrected chi connectivity index (χ3v) is 5.53. The number of hydrogen-bond acceptors (Lipinski definition) is 6.